The lowest BCUT2D eigenvalue weighted by Crippen LogP contribution is -2.31. The molecule has 2 heterocycles. The van der Waals surface area contributed by atoms with Crippen LogP contribution in [0, 0.1) is 45.9 Å². The molecule has 0 saturated carbocycles. The summed E-state index contributed by atoms with van der Waals surface area (Å²) in [4.78, 5) is 26.6. The molecular weight excluding hydrogens is 508 g/mol. The number of allylic oxidation sites excluding steroid dienone is 2. The highest BCUT2D eigenvalue weighted by molar-refractivity contribution is 8.03. The van der Waals surface area contributed by atoms with E-state index >= 15 is 0 Å². The molecular formula is C31H32N4O3S. The molecule has 0 fully saturated rings. The predicted octanol–water partition coefficient (Wildman–Crippen LogP) is 6.53. The Bertz CT molecular complexity index is 1500. The minimum absolute atomic E-state index is 0.0860. The minimum atomic E-state index is -0.721. The lowest BCUT2D eigenvalue weighted by atomic mass is 9.85. The van der Waals surface area contributed by atoms with Crippen LogP contribution in [-0.4, -0.2) is 17.6 Å². The van der Waals surface area contributed by atoms with Crippen molar-refractivity contribution in [2.45, 2.75) is 47.5 Å². The second-order valence-electron chi connectivity index (χ2n) is 9.80. The Morgan fingerprint density at radius 1 is 0.949 bits per heavy atom. The summed E-state index contributed by atoms with van der Waals surface area (Å²) in [5.41, 5.74) is 7.83. The summed E-state index contributed by atoms with van der Waals surface area (Å²) in [5, 5.41) is 20.0. The number of nitrogens with zero attached hydrogens (tertiary/aromatic N) is 1. The van der Waals surface area contributed by atoms with Gasteiger partial charge in [-0.05, 0) is 75.9 Å². The molecule has 0 spiro atoms. The summed E-state index contributed by atoms with van der Waals surface area (Å²) in [6.07, 6.45) is 1.52. The number of benzene rings is 2. The Morgan fingerprint density at radius 2 is 1.59 bits per heavy atom. The van der Waals surface area contributed by atoms with Crippen LogP contribution in [0.25, 0.3) is 0 Å². The average molecular weight is 541 g/mol. The van der Waals surface area contributed by atoms with Crippen LogP contribution in [-0.2, 0) is 9.59 Å². The van der Waals surface area contributed by atoms with Crippen LogP contribution in [0.2, 0.25) is 0 Å². The van der Waals surface area contributed by atoms with Crippen molar-refractivity contribution in [3.63, 3.8) is 0 Å². The van der Waals surface area contributed by atoms with E-state index in [1.807, 2.05) is 65.0 Å². The van der Waals surface area contributed by atoms with Gasteiger partial charge >= 0.3 is 0 Å². The fourth-order valence-corrected chi connectivity index (χ4v) is 5.84. The molecule has 0 bridgehead atoms. The van der Waals surface area contributed by atoms with Gasteiger partial charge in [-0.25, -0.2) is 0 Å². The van der Waals surface area contributed by atoms with E-state index in [0.717, 1.165) is 39.2 Å². The van der Waals surface area contributed by atoms with Gasteiger partial charge in [-0.15, -0.1) is 0 Å². The van der Waals surface area contributed by atoms with Crippen molar-refractivity contribution in [1.29, 1.82) is 5.26 Å². The molecule has 0 radical (unpaired) electrons. The molecule has 1 aromatic heterocycles. The molecule has 1 atom stereocenters. The van der Waals surface area contributed by atoms with Crippen molar-refractivity contribution in [2.24, 2.45) is 0 Å². The van der Waals surface area contributed by atoms with Gasteiger partial charge in [0.1, 0.15) is 5.76 Å². The normalized spacial score (nSPS) is 15.1. The summed E-state index contributed by atoms with van der Waals surface area (Å²) in [6, 6.07) is 15.6. The second kappa shape index (κ2) is 11.7. The number of dihydropyridines is 1. The van der Waals surface area contributed by atoms with Gasteiger partial charge in [-0.2, -0.15) is 5.26 Å². The number of thioether (sulfide) groups is 1. The number of para-hydroxylation sites is 1. The first kappa shape index (κ1) is 27.8. The second-order valence-corrected chi connectivity index (χ2v) is 10.8. The third-order valence-electron chi connectivity index (χ3n) is 6.73. The molecule has 3 aromatic rings. The lowest BCUT2D eigenvalue weighted by molar-refractivity contribution is -0.114. The van der Waals surface area contributed by atoms with Crippen LogP contribution in [0.1, 0.15) is 46.4 Å². The van der Waals surface area contributed by atoms with Gasteiger partial charge in [0.25, 0.3) is 5.91 Å². The van der Waals surface area contributed by atoms with Crippen LogP contribution in [0.15, 0.2) is 75.0 Å². The summed E-state index contributed by atoms with van der Waals surface area (Å²) >= 11 is 1.22. The van der Waals surface area contributed by atoms with Crippen molar-refractivity contribution in [1.82, 2.24) is 5.32 Å². The molecule has 7 nitrogen and oxygen atoms in total. The first-order valence-electron chi connectivity index (χ1n) is 12.6. The first-order valence-corrected chi connectivity index (χ1v) is 13.6. The van der Waals surface area contributed by atoms with Gasteiger partial charge in [-0.3, -0.25) is 9.59 Å². The molecule has 39 heavy (non-hydrogen) atoms. The van der Waals surface area contributed by atoms with Gasteiger partial charge in [0, 0.05) is 17.1 Å². The van der Waals surface area contributed by atoms with Crippen LogP contribution < -0.4 is 16.0 Å². The number of nitrogens with one attached hydrogen (secondary N) is 3. The van der Waals surface area contributed by atoms with E-state index in [9.17, 15) is 14.9 Å². The van der Waals surface area contributed by atoms with Crippen LogP contribution in [0.3, 0.4) is 0 Å². The molecule has 0 unspecified atom stereocenters. The van der Waals surface area contributed by atoms with Gasteiger partial charge < -0.3 is 20.4 Å². The number of aryl methyl sites for hydroxylation is 5. The number of carbonyl (C=O) groups is 2. The van der Waals surface area contributed by atoms with Crippen molar-refractivity contribution < 1.29 is 14.0 Å². The Morgan fingerprint density at radius 3 is 2.18 bits per heavy atom. The first-order chi connectivity index (χ1) is 18.6. The predicted molar refractivity (Wildman–Crippen MR) is 156 cm³/mol. The molecule has 4 rings (SSSR count). The van der Waals surface area contributed by atoms with E-state index in [4.69, 9.17) is 4.42 Å². The smallest absolute Gasteiger partial charge is 0.254 e. The molecule has 8 heteroatoms. The average Bonchev–Trinajstić information content (AvgIpc) is 3.41. The van der Waals surface area contributed by atoms with Crippen molar-refractivity contribution >= 4 is 35.0 Å². The van der Waals surface area contributed by atoms with E-state index < -0.39 is 5.92 Å². The van der Waals surface area contributed by atoms with Crippen molar-refractivity contribution in [3.8, 4) is 6.07 Å². The van der Waals surface area contributed by atoms with Gasteiger partial charge in [0.2, 0.25) is 5.91 Å². The van der Waals surface area contributed by atoms with E-state index in [0.29, 0.717) is 27.6 Å². The molecule has 1 aliphatic heterocycles. The Hall–Kier alpha value is -4.22. The summed E-state index contributed by atoms with van der Waals surface area (Å²) in [7, 11) is 0. The number of hydrogen-bond acceptors (Lipinski definition) is 6. The number of hydrogen-bond donors (Lipinski definition) is 3. The van der Waals surface area contributed by atoms with Gasteiger partial charge in [-0.1, -0.05) is 47.7 Å². The molecule has 0 aliphatic carbocycles. The van der Waals surface area contributed by atoms with E-state index in [1.54, 1.807) is 19.1 Å². The zero-order chi connectivity index (χ0) is 28.3. The Kier molecular flexibility index (Phi) is 8.32. The van der Waals surface area contributed by atoms with E-state index in [1.165, 1.54) is 18.0 Å². The van der Waals surface area contributed by atoms with Gasteiger partial charge in [0.15, 0.2) is 0 Å². The fourth-order valence-electron chi connectivity index (χ4n) is 4.95. The quantitative estimate of drug-likeness (QED) is 0.315. The van der Waals surface area contributed by atoms with Crippen molar-refractivity contribution in [2.75, 3.05) is 16.4 Å². The molecule has 200 valence electrons. The molecule has 2 amide bonds. The standard InChI is InChI=1S/C31H32N4O3S/c1-17-13-20(4)29(21(5)14-17)35-30(37)26-22(6)33-31(23(15-32)27(26)24-11-8-12-38-24)39-16-25(36)34-28-18(2)9-7-10-19(28)3/h7-14,27,33H,16H2,1-6H3,(H,34,36)(H,35,37)/t27-/m0/s1. The largest absolute Gasteiger partial charge is 0.468 e. The monoisotopic (exact) mass is 540 g/mol. The summed E-state index contributed by atoms with van der Waals surface area (Å²) in [6.45, 7) is 11.6. The van der Waals surface area contributed by atoms with E-state index in [-0.39, 0.29) is 17.6 Å². The molecule has 1 aliphatic rings. The lowest BCUT2D eigenvalue weighted by Gasteiger charge is -2.28. The molecule has 2 aromatic carbocycles. The van der Waals surface area contributed by atoms with Crippen molar-refractivity contribution in [3.05, 3.63) is 104 Å². The minimum Gasteiger partial charge on any atom is -0.468 e. The maximum Gasteiger partial charge on any atom is 0.254 e. The third kappa shape index (κ3) is 5.94. The highest BCUT2D eigenvalue weighted by atomic mass is 32.2. The SMILES string of the molecule is CC1=C(C(=O)Nc2c(C)cc(C)cc2C)[C@H](c2ccco2)C(C#N)=C(SCC(=O)Nc2c(C)cccc2C)N1. The number of carbonyl (C=O) groups excluding carboxylic acids is 2. The Labute approximate surface area is 233 Å². The fraction of sp³-hybridized carbons (Fsp3) is 0.258. The van der Waals surface area contributed by atoms with Crippen LogP contribution in [0.4, 0.5) is 11.4 Å². The third-order valence-corrected chi connectivity index (χ3v) is 7.75. The van der Waals surface area contributed by atoms with Crippen LogP contribution >= 0.6 is 11.8 Å². The summed E-state index contributed by atoms with van der Waals surface area (Å²) < 4.78 is 5.71. The highest BCUT2D eigenvalue weighted by Gasteiger charge is 2.36. The Balaban J connectivity index is 1.62. The maximum absolute atomic E-state index is 13.7. The maximum atomic E-state index is 13.7. The molecule has 0 saturated heterocycles. The zero-order valence-electron chi connectivity index (χ0n) is 23.0. The topological polar surface area (TPSA) is 107 Å². The summed E-state index contributed by atoms with van der Waals surface area (Å²) in [5.74, 6) is -0.660. The number of furan rings is 1. The highest BCUT2D eigenvalue weighted by Crippen LogP contribution is 2.41. The van der Waals surface area contributed by atoms with Crippen LogP contribution in [0.5, 0.6) is 0 Å². The zero-order valence-corrected chi connectivity index (χ0v) is 23.8. The molecule has 3 N–H and O–H groups in total. The number of rotatable bonds is 7. The number of amides is 2. The number of anilines is 2. The number of nitriles is 1. The van der Waals surface area contributed by atoms with E-state index in [2.05, 4.69) is 22.0 Å². The van der Waals surface area contributed by atoms with Gasteiger partial charge in [0.05, 0.1) is 40.2 Å².